The fraction of sp³-hybridized carbons (Fsp3) is 0.143. The Hall–Kier alpha value is -2.05. The van der Waals surface area contributed by atoms with E-state index in [9.17, 15) is 5.11 Å². The van der Waals surface area contributed by atoms with Gasteiger partial charge in [-0.3, -0.25) is 0 Å². The van der Waals surface area contributed by atoms with Gasteiger partial charge in [0.2, 0.25) is 0 Å². The normalized spacial score (nSPS) is 9.86. The zero-order valence-corrected chi connectivity index (χ0v) is 13.0. The number of para-hydroxylation sites is 1. The molecule has 0 spiro atoms. The molecule has 0 bridgehead atoms. The van der Waals surface area contributed by atoms with Crippen LogP contribution in [-0.2, 0) is 4.57 Å². The van der Waals surface area contributed by atoms with Crippen LogP contribution in [0.4, 0.5) is 0 Å². The van der Waals surface area contributed by atoms with E-state index in [1.165, 1.54) is 18.2 Å². The Kier molecular flexibility index (Phi) is 8.22. The van der Waals surface area contributed by atoms with Crippen molar-refractivity contribution in [2.45, 2.75) is 13.8 Å². The van der Waals surface area contributed by atoms with Crippen molar-refractivity contribution in [3.8, 4) is 17.2 Å². The van der Waals surface area contributed by atoms with E-state index < -0.39 is 7.82 Å². The van der Waals surface area contributed by atoms with E-state index in [0.717, 1.165) is 11.1 Å². The monoisotopic (exact) mass is 330 g/mol. The largest absolute Gasteiger partial charge is 0.508 e. The molecule has 0 aliphatic carbocycles. The molecule has 122 valence electrons. The molecular formula is C14H19O7P. The van der Waals surface area contributed by atoms with Crippen molar-refractivity contribution in [3.63, 3.8) is 0 Å². The highest BCUT2D eigenvalue weighted by molar-refractivity contribution is 7.45. The van der Waals surface area contributed by atoms with Crippen LogP contribution in [0.15, 0.2) is 42.5 Å². The van der Waals surface area contributed by atoms with Crippen LogP contribution in [0.2, 0.25) is 0 Å². The molecule has 0 radical (unpaired) electrons. The SMILES string of the molecule is Cc1cccc(C)c1O.O=P(O)(O)O.Oc1cccc(O)c1. The number of phenols is 3. The van der Waals surface area contributed by atoms with Crippen molar-refractivity contribution in [2.75, 3.05) is 0 Å². The van der Waals surface area contributed by atoms with Crippen LogP contribution >= 0.6 is 7.82 Å². The predicted molar refractivity (Wildman–Crippen MR) is 81.6 cm³/mol. The van der Waals surface area contributed by atoms with Gasteiger partial charge < -0.3 is 30.0 Å². The maximum absolute atomic E-state index is 9.21. The number of aromatic hydroxyl groups is 3. The van der Waals surface area contributed by atoms with Crippen molar-refractivity contribution in [1.29, 1.82) is 0 Å². The molecule has 0 saturated heterocycles. The van der Waals surface area contributed by atoms with Gasteiger partial charge in [-0.15, -0.1) is 0 Å². The molecule has 0 amide bonds. The Balaban J connectivity index is 0.000000315. The zero-order chi connectivity index (χ0) is 17.3. The minimum absolute atomic E-state index is 0.0880. The topological polar surface area (TPSA) is 138 Å². The summed E-state index contributed by atoms with van der Waals surface area (Å²) in [6, 6.07) is 11.6. The summed E-state index contributed by atoms with van der Waals surface area (Å²) in [7, 11) is -4.64. The Morgan fingerprint density at radius 1 is 0.773 bits per heavy atom. The molecule has 2 aromatic carbocycles. The highest BCUT2D eigenvalue weighted by atomic mass is 31.2. The maximum atomic E-state index is 9.21. The van der Waals surface area contributed by atoms with Crippen molar-refractivity contribution in [2.24, 2.45) is 0 Å². The van der Waals surface area contributed by atoms with Gasteiger partial charge in [0, 0.05) is 6.07 Å². The Labute approximate surface area is 128 Å². The van der Waals surface area contributed by atoms with E-state index in [0.29, 0.717) is 5.75 Å². The van der Waals surface area contributed by atoms with E-state index >= 15 is 0 Å². The summed E-state index contributed by atoms with van der Waals surface area (Å²) in [6.07, 6.45) is 0. The molecule has 6 N–H and O–H groups in total. The van der Waals surface area contributed by atoms with E-state index in [1.807, 2.05) is 32.0 Å². The standard InChI is InChI=1S/C8H10O.C6H6O2.H3O4P/c1-6-4-3-5-7(2)8(6)9;7-5-2-1-3-6(8)4-5;1-5(2,3)4/h3-5,9H,1-2H3;1-4,7-8H;(H3,1,2,3,4). The van der Waals surface area contributed by atoms with Crippen LogP contribution in [0.5, 0.6) is 17.2 Å². The lowest BCUT2D eigenvalue weighted by molar-refractivity contribution is 0.275. The van der Waals surface area contributed by atoms with Crippen LogP contribution in [0, 0.1) is 13.8 Å². The molecule has 0 heterocycles. The van der Waals surface area contributed by atoms with Crippen molar-refractivity contribution in [3.05, 3.63) is 53.6 Å². The summed E-state index contributed by atoms with van der Waals surface area (Å²) in [5, 5.41) is 26.5. The van der Waals surface area contributed by atoms with Crippen LogP contribution in [0.25, 0.3) is 0 Å². The molecule has 8 heteroatoms. The minimum Gasteiger partial charge on any atom is -0.508 e. The molecule has 0 aliphatic rings. The molecule has 0 unspecified atom stereocenters. The highest BCUT2D eigenvalue weighted by Gasteiger charge is 2.00. The third-order valence-electron chi connectivity index (χ3n) is 2.27. The van der Waals surface area contributed by atoms with E-state index in [2.05, 4.69) is 0 Å². The quantitative estimate of drug-likeness (QED) is 0.407. The first-order chi connectivity index (χ1) is 10.0. The number of hydrogen-bond donors (Lipinski definition) is 6. The Morgan fingerprint density at radius 2 is 1.09 bits per heavy atom. The lowest BCUT2D eigenvalue weighted by Crippen LogP contribution is -1.76. The van der Waals surface area contributed by atoms with Gasteiger partial charge in [-0.25, -0.2) is 4.57 Å². The zero-order valence-electron chi connectivity index (χ0n) is 12.1. The van der Waals surface area contributed by atoms with Crippen molar-refractivity contribution >= 4 is 7.82 Å². The second kappa shape index (κ2) is 9.07. The molecule has 2 aromatic rings. The van der Waals surface area contributed by atoms with Gasteiger partial charge in [-0.05, 0) is 37.1 Å². The molecule has 0 saturated carbocycles. The second-order valence-electron chi connectivity index (χ2n) is 4.27. The lowest BCUT2D eigenvalue weighted by Gasteiger charge is -1.99. The predicted octanol–water partition coefficient (Wildman–Crippen LogP) is 2.18. The number of rotatable bonds is 0. The summed E-state index contributed by atoms with van der Waals surface area (Å²) in [5.74, 6) is 0.590. The summed E-state index contributed by atoms with van der Waals surface area (Å²) in [4.78, 5) is 21.6. The van der Waals surface area contributed by atoms with Crippen molar-refractivity contribution in [1.82, 2.24) is 0 Å². The average Bonchev–Trinajstić information content (AvgIpc) is 2.34. The van der Waals surface area contributed by atoms with Crippen LogP contribution in [0.3, 0.4) is 0 Å². The molecule has 7 nitrogen and oxygen atoms in total. The highest BCUT2D eigenvalue weighted by Crippen LogP contribution is 2.25. The number of phenolic OH excluding ortho intramolecular Hbond substituents is 3. The molecule has 22 heavy (non-hydrogen) atoms. The third kappa shape index (κ3) is 10.7. The molecule has 0 aliphatic heterocycles. The number of hydrogen-bond acceptors (Lipinski definition) is 4. The minimum atomic E-state index is -4.64. The third-order valence-corrected chi connectivity index (χ3v) is 2.27. The van der Waals surface area contributed by atoms with Gasteiger partial charge in [-0.2, -0.15) is 0 Å². The summed E-state index contributed by atoms with van der Waals surface area (Å²) >= 11 is 0. The Bertz CT molecular complexity index is 591. The smallest absolute Gasteiger partial charge is 0.466 e. The molecule has 0 aromatic heterocycles. The van der Waals surface area contributed by atoms with E-state index in [-0.39, 0.29) is 11.5 Å². The van der Waals surface area contributed by atoms with Crippen LogP contribution < -0.4 is 0 Å². The van der Waals surface area contributed by atoms with Crippen molar-refractivity contribution < 1.29 is 34.6 Å². The second-order valence-corrected chi connectivity index (χ2v) is 5.30. The fourth-order valence-corrected chi connectivity index (χ4v) is 1.30. The lowest BCUT2D eigenvalue weighted by atomic mass is 10.1. The first-order valence-corrected chi connectivity index (χ1v) is 7.58. The number of benzene rings is 2. The van der Waals surface area contributed by atoms with Gasteiger partial charge in [0.15, 0.2) is 0 Å². The van der Waals surface area contributed by atoms with Crippen LogP contribution in [-0.4, -0.2) is 30.0 Å². The molecule has 0 fully saturated rings. The first-order valence-electron chi connectivity index (χ1n) is 6.02. The summed E-state index contributed by atoms with van der Waals surface area (Å²) in [6.45, 7) is 3.78. The average molecular weight is 330 g/mol. The van der Waals surface area contributed by atoms with E-state index in [4.69, 9.17) is 29.5 Å². The van der Waals surface area contributed by atoms with Crippen LogP contribution in [0.1, 0.15) is 11.1 Å². The number of phosphoric acid groups is 1. The van der Waals surface area contributed by atoms with Gasteiger partial charge >= 0.3 is 7.82 Å². The fourth-order valence-electron chi connectivity index (χ4n) is 1.30. The summed E-state index contributed by atoms with van der Waals surface area (Å²) < 4.78 is 8.88. The van der Waals surface area contributed by atoms with Gasteiger partial charge in [0.05, 0.1) is 0 Å². The van der Waals surface area contributed by atoms with Gasteiger partial charge in [0.1, 0.15) is 17.2 Å². The molecular weight excluding hydrogens is 311 g/mol. The number of aryl methyl sites for hydroxylation is 2. The molecule has 0 atom stereocenters. The maximum Gasteiger partial charge on any atom is 0.466 e. The molecule has 2 rings (SSSR count). The Morgan fingerprint density at radius 3 is 1.32 bits per heavy atom. The van der Waals surface area contributed by atoms with Gasteiger partial charge in [0.25, 0.3) is 0 Å². The van der Waals surface area contributed by atoms with Gasteiger partial charge in [-0.1, -0.05) is 24.3 Å². The first kappa shape index (κ1) is 19.9. The van der Waals surface area contributed by atoms with E-state index in [1.54, 1.807) is 6.07 Å². The summed E-state index contributed by atoms with van der Waals surface area (Å²) in [5.41, 5.74) is 1.88.